The topological polar surface area (TPSA) is 58.1 Å². The van der Waals surface area contributed by atoms with Gasteiger partial charge in [-0.05, 0) is 54.3 Å². The summed E-state index contributed by atoms with van der Waals surface area (Å²) in [5.74, 6) is 0. The molecule has 0 amide bonds. The third-order valence-corrected chi connectivity index (χ3v) is 5.80. The molecule has 3 aromatic rings. The molecule has 1 aromatic heterocycles. The van der Waals surface area contributed by atoms with Crippen LogP contribution in [0.15, 0.2) is 58.1 Å². The van der Waals surface area contributed by atoms with Crippen LogP contribution >= 0.6 is 23.2 Å². The van der Waals surface area contributed by atoms with E-state index in [1.165, 1.54) is 15.7 Å². The molecule has 5 nitrogen and oxygen atoms in total. The molecule has 0 spiro atoms. The van der Waals surface area contributed by atoms with Gasteiger partial charge >= 0.3 is 5.69 Å². The molecule has 4 rings (SSSR count). The predicted molar refractivity (Wildman–Crippen MR) is 119 cm³/mol. The summed E-state index contributed by atoms with van der Waals surface area (Å²) in [6, 6.07) is 12.8. The monoisotopic (exact) mass is 429 g/mol. The molecule has 2 heterocycles. The number of fused-ring (bicyclic) bond motifs is 1. The van der Waals surface area contributed by atoms with E-state index in [0.29, 0.717) is 22.5 Å². The second-order valence-corrected chi connectivity index (χ2v) is 8.09. The van der Waals surface area contributed by atoms with Gasteiger partial charge in [0, 0.05) is 36.2 Å². The van der Waals surface area contributed by atoms with Crippen molar-refractivity contribution < 1.29 is 0 Å². The fourth-order valence-electron chi connectivity index (χ4n) is 3.72. The summed E-state index contributed by atoms with van der Waals surface area (Å²) < 4.78 is 1.27. The summed E-state index contributed by atoms with van der Waals surface area (Å²) in [7, 11) is 0. The van der Waals surface area contributed by atoms with E-state index >= 15 is 0 Å². The molecule has 0 saturated heterocycles. The van der Waals surface area contributed by atoms with E-state index in [1.807, 2.05) is 12.1 Å². The van der Waals surface area contributed by atoms with Gasteiger partial charge in [0.15, 0.2) is 0 Å². The highest BCUT2D eigenvalue weighted by Crippen LogP contribution is 2.23. The van der Waals surface area contributed by atoms with Crippen molar-refractivity contribution in [1.29, 1.82) is 0 Å². The lowest BCUT2D eigenvalue weighted by molar-refractivity contribution is 0.290. The molecule has 1 N–H and O–H groups in total. The first kappa shape index (κ1) is 20.0. The Morgan fingerprint density at radius 3 is 2.45 bits per heavy atom. The highest BCUT2D eigenvalue weighted by molar-refractivity contribution is 6.31. The summed E-state index contributed by atoms with van der Waals surface area (Å²) in [5.41, 5.74) is 2.35. The molecule has 150 valence electrons. The summed E-state index contributed by atoms with van der Waals surface area (Å²) in [6.45, 7) is 3.03. The normalized spacial score (nSPS) is 14.9. The van der Waals surface area contributed by atoms with Gasteiger partial charge in [-0.1, -0.05) is 41.4 Å². The minimum Gasteiger partial charge on any atom is -0.307 e. The quantitative estimate of drug-likeness (QED) is 0.661. The maximum atomic E-state index is 12.6. The zero-order valence-corrected chi connectivity index (χ0v) is 17.3. The fourth-order valence-corrected chi connectivity index (χ4v) is 4.02. The minimum atomic E-state index is -0.395. The Balaban J connectivity index is 1.39. The zero-order chi connectivity index (χ0) is 20.4. The van der Waals surface area contributed by atoms with Crippen LogP contribution in [0.1, 0.15) is 18.4 Å². The van der Waals surface area contributed by atoms with Crippen molar-refractivity contribution in [1.82, 2.24) is 14.5 Å². The number of nitrogens with zero attached hydrogens (tertiary/aromatic N) is 2. The average Bonchev–Trinajstić information content (AvgIpc) is 2.71. The predicted octanol–water partition coefficient (Wildman–Crippen LogP) is 4.18. The largest absolute Gasteiger partial charge is 0.328 e. The van der Waals surface area contributed by atoms with Gasteiger partial charge in [-0.15, -0.1) is 0 Å². The van der Waals surface area contributed by atoms with Crippen molar-refractivity contribution in [2.45, 2.75) is 19.4 Å². The number of hydrogen-bond acceptors (Lipinski definition) is 3. The maximum Gasteiger partial charge on any atom is 0.328 e. The van der Waals surface area contributed by atoms with Crippen molar-refractivity contribution in [3.8, 4) is 0 Å². The molecule has 0 radical (unpaired) electrons. The van der Waals surface area contributed by atoms with Gasteiger partial charge in [0.05, 0.1) is 10.9 Å². The molecule has 0 fully saturated rings. The zero-order valence-electron chi connectivity index (χ0n) is 15.8. The number of aromatic amines is 1. The number of halogens is 2. The van der Waals surface area contributed by atoms with Gasteiger partial charge in [0.25, 0.3) is 5.56 Å². The molecule has 2 aromatic carbocycles. The van der Waals surface area contributed by atoms with Crippen molar-refractivity contribution in [3.05, 3.63) is 85.0 Å². The second kappa shape index (κ2) is 8.57. The van der Waals surface area contributed by atoms with Crippen LogP contribution in [-0.4, -0.2) is 34.1 Å². The van der Waals surface area contributed by atoms with E-state index in [9.17, 15) is 9.59 Å². The molecule has 0 unspecified atom stereocenters. The van der Waals surface area contributed by atoms with E-state index in [1.54, 1.807) is 18.2 Å². The Morgan fingerprint density at radius 2 is 1.72 bits per heavy atom. The third kappa shape index (κ3) is 4.47. The Bertz CT molecular complexity index is 1180. The summed E-state index contributed by atoms with van der Waals surface area (Å²) >= 11 is 11.9. The highest BCUT2D eigenvalue weighted by atomic mass is 35.5. The van der Waals surface area contributed by atoms with Crippen LogP contribution < -0.4 is 11.2 Å². The van der Waals surface area contributed by atoms with Gasteiger partial charge < -0.3 is 4.98 Å². The summed E-state index contributed by atoms with van der Waals surface area (Å²) in [5, 5.41) is 1.71. The highest BCUT2D eigenvalue weighted by Gasteiger charge is 2.14. The summed E-state index contributed by atoms with van der Waals surface area (Å²) in [4.78, 5) is 30.0. The van der Waals surface area contributed by atoms with Crippen LogP contribution in [0, 0.1) is 0 Å². The summed E-state index contributed by atoms with van der Waals surface area (Å²) in [6.07, 6.45) is 3.94. The number of benzene rings is 2. The number of hydrogen-bond donors (Lipinski definition) is 1. The molecule has 0 aliphatic carbocycles. The number of nitrogens with one attached hydrogen (secondary N) is 1. The first-order valence-corrected chi connectivity index (χ1v) is 10.4. The molecule has 1 aliphatic rings. The molecule has 0 bridgehead atoms. The van der Waals surface area contributed by atoms with E-state index in [2.05, 4.69) is 28.1 Å². The average molecular weight is 430 g/mol. The standard InChI is InChI=1S/C22H21Cl2N3O2/c23-17-4-2-15(3-5-17)16-8-12-26(13-9-16)10-1-11-27-21(28)19-7-6-18(24)14-20(19)25-22(27)29/h2-8,14H,1,9-13H2,(H,25,29). The molecular weight excluding hydrogens is 409 g/mol. The Labute approximate surface area is 178 Å². The smallest absolute Gasteiger partial charge is 0.307 e. The van der Waals surface area contributed by atoms with Crippen LogP contribution in [0.4, 0.5) is 0 Å². The first-order chi connectivity index (χ1) is 14.0. The van der Waals surface area contributed by atoms with Gasteiger partial charge in [-0.25, -0.2) is 4.79 Å². The maximum absolute atomic E-state index is 12.6. The second-order valence-electron chi connectivity index (χ2n) is 7.22. The van der Waals surface area contributed by atoms with Gasteiger partial charge in [-0.3, -0.25) is 14.3 Å². The van der Waals surface area contributed by atoms with E-state index < -0.39 is 5.69 Å². The lowest BCUT2D eigenvalue weighted by atomic mass is 9.99. The van der Waals surface area contributed by atoms with Crippen LogP contribution in [-0.2, 0) is 6.54 Å². The van der Waals surface area contributed by atoms with Crippen LogP contribution in [0.3, 0.4) is 0 Å². The third-order valence-electron chi connectivity index (χ3n) is 5.31. The van der Waals surface area contributed by atoms with Crippen LogP contribution in [0.25, 0.3) is 16.5 Å². The van der Waals surface area contributed by atoms with Crippen LogP contribution in [0.5, 0.6) is 0 Å². The number of H-pyrrole nitrogens is 1. The Kier molecular flexibility index (Phi) is 5.90. The SMILES string of the molecule is O=c1[nH]c2cc(Cl)ccc2c(=O)n1CCCN1CC=C(c2ccc(Cl)cc2)CC1. The lowest BCUT2D eigenvalue weighted by Crippen LogP contribution is -2.36. The number of aromatic nitrogens is 2. The van der Waals surface area contributed by atoms with Gasteiger partial charge in [0.1, 0.15) is 0 Å². The van der Waals surface area contributed by atoms with Crippen molar-refractivity contribution >= 4 is 39.7 Å². The number of rotatable bonds is 5. The van der Waals surface area contributed by atoms with Crippen molar-refractivity contribution in [3.63, 3.8) is 0 Å². The Morgan fingerprint density at radius 1 is 0.966 bits per heavy atom. The molecule has 0 saturated carbocycles. The fraction of sp³-hybridized carbons (Fsp3) is 0.273. The van der Waals surface area contributed by atoms with Crippen molar-refractivity contribution in [2.75, 3.05) is 19.6 Å². The molecule has 7 heteroatoms. The van der Waals surface area contributed by atoms with Gasteiger partial charge in [-0.2, -0.15) is 0 Å². The first-order valence-electron chi connectivity index (χ1n) is 9.61. The molecule has 1 aliphatic heterocycles. The molecular formula is C22H21Cl2N3O2. The van der Waals surface area contributed by atoms with Crippen molar-refractivity contribution in [2.24, 2.45) is 0 Å². The van der Waals surface area contributed by atoms with Crippen LogP contribution in [0.2, 0.25) is 10.0 Å². The molecule has 0 atom stereocenters. The minimum absolute atomic E-state index is 0.274. The van der Waals surface area contributed by atoms with E-state index in [0.717, 1.165) is 37.5 Å². The van der Waals surface area contributed by atoms with Gasteiger partial charge in [0.2, 0.25) is 0 Å². The van der Waals surface area contributed by atoms with E-state index in [4.69, 9.17) is 23.2 Å². The lowest BCUT2D eigenvalue weighted by Gasteiger charge is -2.26. The molecule has 29 heavy (non-hydrogen) atoms. The Hall–Kier alpha value is -2.34. The van der Waals surface area contributed by atoms with E-state index in [-0.39, 0.29) is 5.56 Å².